The van der Waals surface area contributed by atoms with Crippen LogP contribution >= 0.6 is 0 Å². The first-order chi connectivity index (χ1) is 20.3. The molecule has 11 nitrogen and oxygen atoms in total. The van der Waals surface area contributed by atoms with Crippen LogP contribution in [-0.2, 0) is 14.6 Å². The van der Waals surface area contributed by atoms with Gasteiger partial charge in [-0.3, -0.25) is 5.10 Å². The normalized spacial score (nSPS) is 20.8. The van der Waals surface area contributed by atoms with Crippen molar-refractivity contribution in [2.45, 2.75) is 93.6 Å². The van der Waals surface area contributed by atoms with Gasteiger partial charge in [-0.05, 0) is 83.9 Å². The van der Waals surface area contributed by atoms with E-state index in [1.807, 2.05) is 57.2 Å². The molecule has 3 heterocycles. The lowest BCUT2D eigenvalue weighted by Crippen LogP contribution is -2.50. The Morgan fingerprint density at radius 3 is 2.33 bits per heavy atom. The van der Waals surface area contributed by atoms with Crippen molar-refractivity contribution < 1.29 is 23.1 Å². The molecular weight excluding hydrogens is 568 g/mol. The highest BCUT2D eigenvalue weighted by atomic mass is 32.2. The van der Waals surface area contributed by atoms with Gasteiger partial charge in [0, 0.05) is 25.2 Å². The van der Waals surface area contributed by atoms with Gasteiger partial charge in [0.1, 0.15) is 17.2 Å². The van der Waals surface area contributed by atoms with Gasteiger partial charge < -0.3 is 25.4 Å². The van der Waals surface area contributed by atoms with Crippen LogP contribution in [0.5, 0.6) is 0 Å². The van der Waals surface area contributed by atoms with Crippen LogP contribution in [0.4, 0.5) is 22.2 Å². The average molecular weight is 611 g/mol. The molecule has 5 rings (SSSR count). The van der Waals surface area contributed by atoms with Gasteiger partial charge in [0.15, 0.2) is 15.7 Å². The summed E-state index contributed by atoms with van der Waals surface area (Å²) in [5.74, 6) is 1.29. The SMILES string of the molecule is CC(C)(C)OC(=O)N1CCC(C)(S(=O)(=O)c2cc(Nc3cc(-c4ccccc4)[nH]n3)nc(NC3CCC(O)CC3)c2)CC1. The van der Waals surface area contributed by atoms with Crippen molar-refractivity contribution in [3.8, 4) is 11.3 Å². The number of aromatic nitrogens is 3. The predicted molar refractivity (Wildman–Crippen MR) is 166 cm³/mol. The van der Waals surface area contributed by atoms with E-state index in [-0.39, 0.29) is 43.0 Å². The number of amides is 1. The number of carbonyl (C=O) groups is 1. The molecule has 12 heteroatoms. The Kier molecular flexibility index (Phi) is 8.71. The number of aromatic amines is 1. The van der Waals surface area contributed by atoms with E-state index in [2.05, 4.69) is 20.8 Å². The summed E-state index contributed by atoms with van der Waals surface area (Å²) in [6, 6.07) is 14.8. The van der Waals surface area contributed by atoms with Crippen LogP contribution < -0.4 is 10.6 Å². The zero-order chi connectivity index (χ0) is 30.8. The summed E-state index contributed by atoms with van der Waals surface area (Å²) in [6.45, 7) is 7.75. The first-order valence-corrected chi connectivity index (χ1v) is 16.4. The van der Waals surface area contributed by atoms with Crippen molar-refractivity contribution in [3.05, 3.63) is 48.5 Å². The molecule has 43 heavy (non-hydrogen) atoms. The summed E-state index contributed by atoms with van der Waals surface area (Å²) in [5.41, 5.74) is 1.16. The number of aliphatic hydroxyl groups excluding tert-OH is 1. The quantitative estimate of drug-likeness (QED) is 0.272. The fourth-order valence-corrected chi connectivity index (χ4v) is 7.38. The zero-order valence-electron chi connectivity index (χ0n) is 25.3. The molecule has 1 saturated heterocycles. The number of nitrogens with one attached hydrogen (secondary N) is 3. The van der Waals surface area contributed by atoms with E-state index in [9.17, 15) is 18.3 Å². The number of likely N-dealkylation sites (tertiary alicyclic amines) is 1. The minimum absolute atomic E-state index is 0.0735. The van der Waals surface area contributed by atoms with E-state index >= 15 is 0 Å². The van der Waals surface area contributed by atoms with Crippen LogP contribution in [0.1, 0.15) is 66.2 Å². The summed E-state index contributed by atoms with van der Waals surface area (Å²) in [6.07, 6.45) is 2.72. The predicted octanol–water partition coefficient (Wildman–Crippen LogP) is 5.49. The molecule has 0 radical (unpaired) electrons. The molecule has 232 valence electrons. The number of piperidine rings is 1. The van der Waals surface area contributed by atoms with E-state index < -0.39 is 26.3 Å². The number of rotatable bonds is 7. The second-order valence-corrected chi connectivity index (χ2v) is 15.3. The Bertz CT molecular complexity index is 1520. The third-order valence-corrected chi connectivity index (χ3v) is 10.8. The smallest absolute Gasteiger partial charge is 0.410 e. The van der Waals surface area contributed by atoms with Gasteiger partial charge in [0.25, 0.3) is 0 Å². The molecule has 2 fully saturated rings. The molecular formula is C31H42N6O5S. The fourth-order valence-electron chi connectivity index (χ4n) is 5.55. The largest absolute Gasteiger partial charge is 0.444 e. The van der Waals surface area contributed by atoms with E-state index in [1.54, 1.807) is 24.0 Å². The highest BCUT2D eigenvalue weighted by molar-refractivity contribution is 7.92. The number of H-pyrrole nitrogens is 1. The maximum Gasteiger partial charge on any atom is 0.410 e. The Labute approximate surface area is 253 Å². The van der Waals surface area contributed by atoms with Gasteiger partial charge in [0.05, 0.1) is 21.4 Å². The molecule has 1 saturated carbocycles. The monoisotopic (exact) mass is 610 g/mol. The van der Waals surface area contributed by atoms with Crippen LogP contribution in [0.25, 0.3) is 11.3 Å². The third-order valence-electron chi connectivity index (χ3n) is 8.20. The number of hydrogen-bond acceptors (Lipinski definition) is 9. The summed E-state index contributed by atoms with van der Waals surface area (Å²) in [7, 11) is -3.84. The number of anilines is 3. The van der Waals surface area contributed by atoms with Crippen molar-refractivity contribution in [2.75, 3.05) is 23.7 Å². The van der Waals surface area contributed by atoms with E-state index in [4.69, 9.17) is 9.72 Å². The van der Waals surface area contributed by atoms with Crippen LogP contribution in [0.3, 0.4) is 0 Å². The maximum atomic E-state index is 14.2. The number of carbonyl (C=O) groups excluding carboxylic acids is 1. The summed E-state index contributed by atoms with van der Waals surface area (Å²) in [5, 5.41) is 23.9. The van der Waals surface area contributed by atoms with Gasteiger partial charge in [-0.25, -0.2) is 18.2 Å². The number of sulfone groups is 1. The summed E-state index contributed by atoms with van der Waals surface area (Å²) in [4.78, 5) is 19.0. The fraction of sp³-hybridized carbons (Fsp3) is 0.516. The number of hydrogen-bond donors (Lipinski definition) is 4. The number of aliphatic hydroxyl groups is 1. The molecule has 2 aromatic heterocycles. The molecule has 0 bridgehead atoms. The molecule has 0 atom stereocenters. The van der Waals surface area contributed by atoms with Crippen molar-refractivity contribution >= 4 is 33.4 Å². The molecule has 1 aromatic carbocycles. The van der Waals surface area contributed by atoms with Crippen molar-refractivity contribution in [3.63, 3.8) is 0 Å². The second kappa shape index (κ2) is 12.2. The molecule has 0 spiro atoms. The molecule has 3 aromatic rings. The van der Waals surface area contributed by atoms with Crippen LogP contribution in [0, 0.1) is 0 Å². The summed E-state index contributed by atoms with van der Waals surface area (Å²) < 4.78 is 32.9. The third kappa shape index (κ3) is 7.30. The van der Waals surface area contributed by atoms with E-state index in [0.29, 0.717) is 30.3 Å². The zero-order valence-corrected chi connectivity index (χ0v) is 26.1. The average Bonchev–Trinajstić information content (AvgIpc) is 3.42. The Hall–Kier alpha value is -3.64. The number of nitrogens with zero attached hydrogens (tertiary/aromatic N) is 3. The standard InChI is InChI=1S/C31H42N6O5S/c1-30(2,3)42-29(39)37-16-14-31(4,15-17-37)43(40,41)24-18-26(32-22-10-12-23(38)13-11-22)33-27(19-24)34-28-20-25(35-36-28)21-8-6-5-7-9-21/h5-9,18-20,22-23,38H,10-17H2,1-4H3,(H3,32,33,34,35,36). The molecule has 2 aliphatic rings. The van der Waals surface area contributed by atoms with Crippen molar-refractivity contribution in [1.82, 2.24) is 20.1 Å². The molecule has 1 amide bonds. The number of ether oxygens (including phenoxy) is 1. The highest BCUT2D eigenvalue weighted by Crippen LogP contribution is 2.37. The molecule has 1 aliphatic heterocycles. The highest BCUT2D eigenvalue weighted by Gasteiger charge is 2.44. The first kappa shape index (κ1) is 30.8. The van der Waals surface area contributed by atoms with Crippen molar-refractivity contribution in [1.29, 1.82) is 0 Å². The number of benzene rings is 1. The lowest BCUT2D eigenvalue weighted by molar-refractivity contribution is 0.0198. The van der Waals surface area contributed by atoms with Crippen LogP contribution in [0.15, 0.2) is 53.4 Å². The topological polar surface area (TPSA) is 150 Å². The van der Waals surface area contributed by atoms with Gasteiger partial charge in [0.2, 0.25) is 0 Å². The van der Waals surface area contributed by atoms with Gasteiger partial charge in [-0.2, -0.15) is 5.10 Å². The molecule has 1 aliphatic carbocycles. The van der Waals surface area contributed by atoms with E-state index in [0.717, 1.165) is 24.1 Å². The van der Waals surface area contributed by atoms with Gasteiger partial charge in [-0.15, -0.1) is 0 Å². The van der Waals surface area contributed by atoms with Gasteiger partial charge >= 0.3 is 6.09 Å². The molecule has 0 unspecified atom stereocenters. The Morgan fingerprint density at radius 1 is 1.02 bits per heavy atom. The number of pyridine rings is 1. The van der Waals surface area contributed by atoms with Crippen LogP contribution in [0.2, 0.25) is 0 Å². The molecule has 4 N–H and O–H groups in total. The lowest BCUT2D eigenvalue weighted by Gasteiger charge is -2.39. The van der Waals surface area contributed by atoms with Crippen LogP contribution in [-0.4, -0.2) is 75.3 Å². The van der Waals surface area contributed by atoms with Crippen molar-refractivity contribution in [2.24, 2.45) is 0 Å². The second-order valence-electron chi connectivity index (χ2n) is 12.8. The van der Waals surface area contributed by atoms with Gasteiger partial charge in [-0.1, -0.05) is 30.3 Å². The summed E-state index contributed by atoms with van der Waals surface area (Å²) >= 11 is 0. The first-order valence-electron chi connectivity index (χ1n) is 14.9. The Balaban J connectivity index is 1.40. The maximum absolute atomic E-state index is 14.2. The minimum atomic E-state index is -3.84. The van der Waals surface area contributed by atoms with E-state index in [1.165, 1.54) is 0 Å². The minimum Gasteiger partial charge on any atom is -0.444 e. The Morgan fingerprint density at radius 2 is 1.67 bits per heavy atom. The lowest BCUT2D eigenvalue weighted by atomic mass is 9.93.